The predicted molar refractivity (Wildman–Crippen MR) is 75.6 cm³/mol. The van der Waals surface area contributed by atoms with Crippen molar-refractivity contribution >= 4 is 12.1 Å². The zero-order valence-corrected chi connectivity index (χ0v) is 11.7. The van der Waals surface area contributed by atoms with Crippen LogP contribution in [-0.2, 0) is 4.74 Å². The third kappa shape index (κ3) is 3.82. The van der Waals surface area contributed by atoms with Gasteiger partial charge in [-0.25, -0.2) is 9.59 Å². The van der Waals surface area contributed by atoms with Crippen LogP contribution in [0.5, 0.6) is 11.5 Å². The SMILES string of the molecule is COC(=O)Oc1ccccc1OC(=O)c1ccc(C)cc1. The summed E-state index contributed by atoms with van der Waals surface area (Å²) >= 11 is 0. The van der Waals surface area contributed by atoms with Gasteiger partial charge < -0.3 is 14.2 Å². The van der Waals surface area contributed by atoms with Crippen molar-refractivity contribution in [3.05, 3.63) is 59.7 Å². The van der Waals surface area contributed by atoms with Gasteiger partial charge in [0.15, 0.2) is 11.5 Å². The molecule has 0 amide bonds. The minimum absolute atomic E-state index is 0.116. The first-order valence-electron chi connectivity index (χ1n) is 6.24. The number of methoxy groups -OCH3 is 1. The molecule has 0 atom stereocenters. The monoisotopic (exact) mass is 286 g/mol. The number of para-hydroxylation sites is 2. The molecule has 0 heterocycles. The van der Waals surface area contributed by atoms with Gasteiger partial charge in [-0.3, -0.25) is 0 Å². The van der Waals surface area contributed by atoms with Crippen molar-refractivity contribution in [1.82, 2.24) is 0 Å². The Morgan fingerprint density at radius 3 is 2.00 bits per heavy atom. The Hall–Kier alpha value is -2.82. The Bertz CT molecular complexity index is 646. The number of aryl methyl sites for hydroxylation is 1. The molecule has 2 aromatic carbocycles. The minimum atomic E-state index is -0.881. The first-order chi connectivity index (χ1) is 10.1. The molecule has 0 radical (unpaired) electrons. The van der Waals surface area contributed by atoms with E-state index < -0.39 is 12.1 Å². The standard InChI is InChI=1S/C16H14O5/c1-11-7-9-12(10-8-11)15(17)20-13-5-3-4-6-14(13)21-16(18)19-2/h3-10H,1-2H3. The van der Waals surface area contributed by atoms with Crippen LogP contribution in [0.25, 0.3) is 0 Å². The zero-order valence-electron chi connectivity index (χ0n) is 11.7. The normalized spacial score (nSPS) is 9.81. The molecule has 0 fully saturated rings. The molecule has 0 spiro atoms. The molecule has 5 heteroatoms. The lowest BCUT2D eigenvalue weighted by atomic mass is 10.1. The molecule has 0 aromatic heterocycles. The fourth-order valence-electron chi connectivity index (χ4n) is 1.60. The van der Waals surface area contributed by atoms with E-state index in [1.165, 1.54) is 19.2 Å². The van der Waals surface area contributed by atoms with Crippen molar-refractivity contribution < 1.29 is 23.8 Å². The highest BCUT2D eigenvalue weighted by atomic mass is 16.7. The summed E-state index contributed by atoms with van der Waals surface area (Å²) < 4.78 is 14.6. The molecule has 0 saturated heterocycles. The number of esters is 1. The van der Waals surface area contributed by atoms with Gasteiger partial charge in [0.1, 0.15) is 0 Å². The van der Waals surface area contributed by atoms with Crippen LogP contribution in [-0.4, -0.2) is 19.2 Å². The second-order valence-corrected chi connectivity index (χ2v) is 4.26. The summed E-state index contributed by atoms with van der Waals surface area (Å²) in [5.74, 6) is -0.269. The van der Waals surface area contributed by atoms with E-state index in [9.17, 15) is 9.59 Å². The second kappa shape index (κ2) is 6.56. The number of benzene rings is 2. The van der Waals surface area contributed by atoms with E-state index in [0.29, 0.717) is 5.56 Å². The van der Waals surface area contributed by atoms with Crippen molar-refractivity contribution in [3.8, 4) is 11.5 Å². The molecule has 5 nitrogen and oxygen atoms in total. The topological polar surface area (TPSA) is 61.8 Å². The maximum Gasteiger partial charge on any atom is 0.513 e. The van der Waals surface area contributed by atoms with Crippen molar-refractivity contribution in [2.45, 2.75) is 6.92 Å². The van der Waals surface area contributed by atoms with Gasteiger partial charge in [-0.1, -0.05) is 29.8 Å². The van der Waals surface area contributed by atoms with Gasteiger partial charge in [0, 0.05) is 0 Å². The molecule has 0 aliphatic heterocycles. The highest BCUT2D eigenvalue weighted by Gasteiger charge is 2.14. The Balaban J connectivity index is 2.17. The highest BCUT2D eigenvalue weighted by Crippen LogP contribution is 2.27. The lowest BCUT2D eigenvalue weighted by Crippen LogP contribution is -2.12. The average Bonchev–Trinajstić information content (AvgIpc) is 2.49. The summed E-state index contributed by atoms with van der Waals surface area (Å²) in [6.45, 7) is 1.93. The summed E-state index contributed by atoms with van der Waals surface area (Å²) in [5, 5.41) is 0. The van der Waals surface area contributed by atoms with Gasteiger partial charge in [-0.2, -0.15) is 0 Å². The van der Waals surface area contributed by atoms with Crippen LogP contribution < -0.4 is 9.47 Å². The van der Waals surface area contributed by atoms with Gasteiger partial charge >= 0.3 is 12.1 Å². The minimum Gasteiger partial charge on any atom is -0.437 e. The molecule has 0 N–H and O–H groups in total. The van der Waals surface area contributed by atoms with E-state index in [0.717, 1.165) is 5.56 Å². The smallest absolute Gasteiger partial charge is 0.437 e. The van der Waals surface area contributed by atoms with Gasteiger partial charge in [-0.05, 0) is 31.2 Å². The number of hydrogen-bond acceptors (Lipinski definition) is 5. The molecular weight excluding hydrogens is 272 g/mol. The third-order valence-corrected chi connectivity index (χ3v) is 2.70. The van der Waals surface area contributed by atoms with E-state index >= 15 is 0 Å². The molecule has 0 aliphatic carbocycles. The number of carbonyl (C=O) groups is 2. The molecule has 0 unspecified atom stereocenters. The fraction of sp³-hybridized carbons (Fsp3) is 0.125. The first-order valence-corrected chi connectivity index (χ1v) is 6.24. The summed E-state index contributed by atoms with van der Waals surface area (Å²) in [6.07, 6.45) is -0.881. The van der Waals surface area contributed by atoms with Crippen LogP contribution in [0.1, 0.15) is 15.9 Å². The van der Waals surface area contributed by atoms with Crippen molar-refractivity contribution in [1.29, 1.82) is 0 Å². The van der Waals surface area contributed by atoms with Crippen LogP contribution in [0.15, 0.2) is 48.5 Å². The van der Waals surface area contributed by atoms with Gasteiger partial charge in [-0.15, -0.1) is 0 Å². The predicted octanol–water partition coefficient (Wildman–Crippen LogP) is 3.36. The number of carbonyl (C=O) groups excluding carboxylic acids is 2. The van der Waals surface area contributed by atoms with Crippen molar-refractivity contribution in [3.63, 3.8) is 0 Å². The van der Waals surface area contributed by atoms with E-state index in [2.05, 4.69) is 4.74 Å². The highest BCUT2D eigenvalue weighted by molar-refractivity contribution is 5.91. The molecule has 108 valence electrons. The largest absolute Gasteiger partial charge is 0.513 e. The Morgan fingerprint density at radius 2 is 1.43 bits per heavy atom. The van der Waals surface area contributed by atoms with Crippen LogP contribution in [0.3, 0.4) is 0 Å². The van der Waals surface area contributed by atoms with E-state index in [4.69, 9.17) is 9.47 Å². The maximum absolute atomic E-state index is 12.0. The summed E-state index contributed by atoms with van der Waals surface area (Å²) in [6, 6.07) is 13.3. The number of hydrogen-bond donors (Lipinski definition) is 0. The third-order valence-electron chi connectivity index (χ3n) is 2.70. The summed E-state index contributed by atoms with van der Waals surface area (Å²) in [4.78, 5) is 23.2. The molecule has 0 saturated carbocycles. The lowest BCUT2D eigenvalue weighted by molar-refractivity contribution is 0.0723. The first kappa shape index (κ1) is 14.6. The average molecular weight is 286 g/mol. The molecule has 2 rings (SSSR count). The Labute approximate surface area is 122 Å². The van der Waals surface area contributed by atoms with E-state index in [1.54, 1.807) is 24.3 Å². The molecule has 0 bridgehead atoms. The van der Waals surface area contributed by atoms with Gasteiger partial charge in [0.2, 0.25) is 0 Å². The van der Waals surface area contributed by atoms with Crippen LogP contribution in [0, 0.1) is 6.92 Å². The van der Waals surface area contributed by atoms with Gasteiger partial charge in [0.05, 0.1) is 12.7 Å². The van der Waals surface area contributed by atoms with E-state index in [-0.39, 0.29) is 11.5 Å². The molecule has 21 heavy (non-hydrogen) atoms. The molecular formula is C16H14O5. The van der Waals surface area contributed by atoms with Crippen LogP contribution in [0.2, 0.25) is 0 Å². The Kier molecular flexibility index (Phi) is 4.56. The summed E-state index contributed by atoms with van der Waals surface area (Å²) in [7, 11) is 1.20. The van der Waals surface area contributed by atoms with Crippen molar-refractivity contribution in [2.75, 3.05) is 7.11 Å². The summed E-state index contributed by atoms with van der Waals surface area (Å²) in [5.41, 5.74) is 1.45. The molecule has 0 aliphatic rings. The Morgan fingerprint density at radius 1 is 0.857 bits per heavy atom. The van der Waals surface area contributed by atoms with Crippen LogP contribution in [0.4, 0.5) is 4.79 Å². The lowest BCUT2D eigenvalue weighted by Gasteiger charge is -2.09. The van der Waals surface area contributed by atoms with Crippen LogP contribution >= 0.6 is 0 Å². The van der Waals surface area contributed by atoms with Gasteiger partial charge in [0.25, 0.3) is 0 Å². The fourth-order valence-corrected chi connectivity index (χ4v) is 1.60. The van der Waals surface area contributed by atoms with E-state index in [1.807, 2.05) is 19.1 Å². The number of rotatable bonds is 3. The zero-order chi connectivity index (χ0) is 15.2. The quantitative estimate of drug-likeness (QED) is 0.492. The molecule has 2 aromatic rings. The number of ether oxygens (including phenoxy) is 3. The second-order valence-electron chi connectivity index (χ2n) is 4.26. The van der Waals surface area contributed by atoms with Crippen molar-refractivity contribution in [2.24, 2.45) is 0 Å². The maximum atomic E-state index is 12.0.